The van der Waals surface area contributed by atoms with Crippen LogP contribution in [-0.2, 0) is 32.3 Å². The number of esters is 2. The van der Waals surface area contributed by atoms with E-state index in [9.17, 15) is 9.59 Å². The predicted molar refractivity (Wildman–Crippen MR) is 136 cm³/mol. The molecule has 0 saturated heterocycles. The van der Waals surface area contributed by atoms with E-state index in [1.165, 1.54) is 0 Å². The van der Waals surface area contributed by atoms with E-state index < -0.39 is 5.41 Å². The second-order valence-electron chi connectivity index (χ2n) is 9.75. The van der Waals surface area contributed by atoms with Gasteiger partial charge in [-0.1, -0.05) is 70.5 Å². The SMILES string of the molecule is COc1ccccc1COC(=O)CC(CCC(C)C)(CC(=O)OCc1ccccc1OC)C(C)C. The maximum atomic E-state index is 13.0. The molecule has 0 aliphatic carbocycles. The number of benzene rings is 2. The van der Waals surface area contributed by atoms with Gasteiger partial charge in [-0.2, -0.15) is 0 Å². The first kappa shape index (κ1) is 28.2. The average Bonchev–Trinajstić information content (AvgIpc) is 2.84. The Morgan fingerprint density at radius 2 is 1.17 bits per heavy atom. The summed E-state index contributed by atoms with van der Waals surface area (Å²) >= 11 is 0. The van der Waals surface area contributed by atoms with Gasteiger partial charge in [-0.25, -0.2) is 0 Å². The molecular formula is C29H40O6. The molecule has 0 saturated carbocycles. The highest BCUT2D eigenvalue weighted by Gasteiger charge is 2.39. The monoisotopic (exact) mass is 484 g/mol. The number of para-hydroxylation sites is 2. The fourth-order valence-corrected chi connectivity index (χ4v) is 4.15. The lowest BCUT2D eigenvalue weighted by atomic mass is 9.68. The van der Waals surface area contributed by atoms with Crippen LogP contribution in [0.5, 0.6) is 11.5 Å². The van der Waals surface area contributed by atoms with Crippen molar-refractivity contribution in [2.24, 2.45) is 17.3 Å². The molecule has 6 nitrogen and oxygen atoms in total. The molecule has 0 heterocycles. The minimum Gasteiger partial charge on any atom is -0.496 e. The van der Waals surface area contributed by atoms with Crippen molar-refractivity contribution in [2.45, 2.75) is 66.6 Å². The fourth-order valence-electron chi connectivity index (χ4n) is 4.15. The Morgan fingerprint density at radius 3 is 1.54 bits per heavy atom. The van der Waals surface area contributed by atoms with Gasteiger partial charge in [-0.05, 0) is 35.8 Å². The van der Waals surface area contributed by atoms with Crippen LogP contribution in [0.4, 0.5) is 0 Å². The highest BCUT2D eigenvalue weighted by atomic mass is 16.5. The first-order valence-corrected chi connectivity index (χ1v) is 12.3. The number of rotatable bonds is 14. The lowest BCUT2D eigenvalue weighted by Gasteiger charge is -2.37. The molecule has 6 heteroatoms. The number of ether oxygens (including phenoxy) is 4. The Hall–Kier alpha value is -3.02. The first-order valence-electron chi connectivity index (χ1n) is 12.3. The van der Waals surface area contributed by atoms with E-state index in [1.54, 1.807) is 14.2 Å². The summed E-state index contributed by atoms with van der Waals surface area (Å²) in [4.78, 5) is 26.0. The van der Waals surface area contributed by atoms with Crippen LogP contribution in [0.15, 0.2) is 48.5 Å². The van der Waals surface area contributed by atoms with Gasteiger partial charge >= 0.3 is 11.9 Å². The molecule has 0 fully saturated rings. The fraction of sp³-hybridized carbons (Fsp3) is 0.517. The van der Waals surface area contributed by atoms with Crippen molar-refractivity contribution in [3.8, 4) is 11.5 Å². The normalized spacial score (nSPS) is 11.4. The lowest BCUT2D eigenvalue weighted by molar-refractivity contribution is -0.154. The zero-order valence-corrected chi connectivity index (χ0v) is 22.0. The summed E-state index contributed by atoms with van der Waals surface area (Å²) in [6.45, 7) is 8.65. The highest BCUT2D eigenvalue weighted by molar-refractivity contribution is 5.74. The lowest BCUT2D eigenvalue weighted by Crippen LogP contribution is -2.34. The van der Waals surface area contributed by atoms with Gasteiger partial charge < -0.3 is 18.9 Å². The molecule has 0 N–H and O–H groups in total. The van der Waals surface area contributed by atoms with Crippen molar-refractivity contribution in [2.75, 3.05) is 14.2 Å². The van der Waals surface area contributed by atoms with Gasteiger partial charge in [0.2, 0.25) is 0 Å². The summed E-state index contributed by atoms with van der Waals surface area (Å²) in [6, 6.07) is 14.9. The molecule has 35 heavy (non-hydrogen) atoms. The quantitative estimate of drug-likeness (QED) is 0.291. The molecule has 0 bridgehead atoms. The minimum atomic E-state index is -0.556. The molecule has 0 aliphatic heterocycles. The average molecular weight is 485 g/mol. The molecule has 0 aliphatic rings. The van der Waals surface area contributed by atoms with Crippen LogP contribution in [0.2, 0.25) is 0 Å². The number of carbonyl (C=O) groups excluding carboxylic acids is 2. The van der Waals surface area contributed by atoms with Crippen LogP contribution in [0.1, 0.15) is 64.5 Å². The molecule has 2 aromatic rings. The third-order valence-corrected chi connectivity index (χ3v) is 6.60. The number of hydrogen-bond donors (Lipinski definition) is 0. The minimum absolute atomic E-state index is 0.0823. The third kappa shape index (κ3) is 8.61. The topological polar surface area (TPSA) is 71.1 Å². The molecule has 0 radical (unpaired) electrons. The van der Waals surface area contributed by atoms with Crippen LogP contribution in [0.3, 0.4) is 0 Å². The van der Waals surface area contributed by atoms with Gasteiger partial charge in [-0.3, -0.25) is 9.59 Å². The molecule has 0 atom stereocenters. The van der Waals surface area contributed by atoms with E-state index in [4.69, 9.17) is 18.9 Å². The molecular weight excluding hydrogens is 444 g/mol. The van der Waals surface area contributed by atoms with E-state index in [1.807, 2.05) is 48.5 Å². The van der Waals surface area contributed by atoms with E-state index in [2.05, 4.69) is 27.7 Å². The van der Waals surface area contributed by atoms with Crippen LogP contribution in [0, 0.1) is 17.3 Å². The van der Waals surface area contributed by atoms with Gasteiger partial charge in [0.15, 0.2) is 0 Å². The second-order valence-corrected chi connectivity index (χ2v) is 9.75. The molecule has 0 spiro atoms. The molecule has 0 unspecified atom stereocenters. The summed E-state index contributed by atoms with van der Waals surface area (Å²) < 4.78 is 22.0. The maximum absolute atomic E-state index is 13.0. The summed E-state index contributed by atoms with van der Waals surface area (Å²) in [5.74, 6) is 1.23. The summed E-state index contributed by atoms with van der Waals surface area (Å²) in [7, 11) is 3.18. The Labute approximate surface area is 209 Å². The highest BCUT2D eigenvalue weighted by Crippen LogP contribution is 2.42. The van der Waals surface area contributed by atoms with Gasteiger partial charge in [0.05, 0.1) is 27.1 Å². The van der Waals surface area contributed by atoms with Crippen LogP contribution < -0.4 is 9.47 Å². The van der Waals surface area contributed by atoms with Gasteiger partial charge in [-0.15, -0.1) is 0 Å². The Balaban J connectivity index is 2.11. The molecule has 192 valence electrons. The largest absolute Gasteiger partial charge is 0.496 e. The van der Waals surface area contributed by atoms with E-state index in [-0.39, 0.29) is 43.9 Å². The van der Waals surface area contributed by atoms with Crippen molar-refractivity contribution in [3.05, 3.63) is 59.7 Å². The second kappa shape index (κ2) is 13.8. The van der Waals surface area contributed by atoms with Crippen molar-refractivity contribution in [3.63, 3.8) is 0 Å². The van der Waals surface area contributed by atoms with Crippen molar-refractivity contribution in [1.29, 1.82) is 0 Å². The smallest absolute Gasteiger partial charge is 0.306 e. The van der Waals surface area contributed by atoms with Crippen molar-refractivity contribution in [1.82, 2.24) is 0 Å². The molecule has 0 aromatic heterocycles. The first-order chi connectivity index (χ1) is 16.7. The summed E-state index contributed by atoms with van der Waals surface area (Å²) in [5.41, 5.74) is 1.05. The van der Waals surface area contributed by atoms with Crippen LogP contribution in [0.25, 0.3) is 0 Å². The zero-order valence-electron chi connectivity index (χ0n) is 22.0. The molecule has 0 amide bonds. The van der Waals surface area contributed by atoms with Crippen LogP contribution in [-0.4, -0.2) is 26.2 Å². The number of hydrogen-bond acceptors (Lipinski definition) is 6. The van der Waals surface area contributed by atoms with Gasteiger partial charge in [0.1, 0.15) is 24.7 Å². The zero-order chi connectivity index (χ0) is 25.8. The third-order valence-electron chi connectivity index (χ3n) is 6.60. The Morgan fingerprint density at radius 1 is 0.743 bits per heavy atom. The molecule has 2 rings (SSSR count). The van der Waals surface area contributed by atoms with Crippen molar-refractivity contribution < 1.29 is 28.5 Å². The summed E-state index contributed by atoms with van der Waals surface area (Å²) in [6.07, 6.45) is 1.93. The van der Waals surface area contributed by atoms with Gasteiger partial charge in [0, 0.05) is 11.1 Å². The standard InChI is InChI=1S/C29H40O6/c1-21(2)15-16-29(22(3)4,17-27(30)34-19-23-11-7-9-13-25(23)32-5)18-28(31)35-20-24-12-8-10-14-26(24)33-6/h7-14,21-22H,15-20H2,1-6H3. The van der Waals surface area contributed by atoms with Gasteiger partial charge in [0.25, 0.3) is 0 Å². The summed E-state index contributed by atoms with van der Waals surface area (Å²) in [5, 5.41) is 0. The Bertz CT molecular complexity index is 884. The van der Waals surface area contributed by atoms with Crippen molar-refractivity contribution >= 4 is 11.9 Å². The van der Waals surface area contributed by atoms with Crippen LogP contribution >= 0.6 is 0 Å². The Kier molecular flexibility index (Phi) is 11.1. The van der Waals surface area contributed by atoms with E-state index in [0.29, 0.717) is 17.4 Å². The number of methoxy groups -OCH3 is 2. The van der Waals surface area contributed by atoms with E-state index in [0.717, 1.165) is 24.0 Å². The maximum Gasteiger partial charge on any atom is 0.306 e. The molecule has 2 aromatic carbocycles. The van der Waals surface area contributed by atoms with E-state index >= 15 is 0 Å². The predicted octanol–water partition coefficient (Wildman–Crippen LogP) is 6.35. The number of carbonyl (C=O) groups is 2.